The van der Waals surface area contributed by atoms with Gasteiger partial charge in [-0.05, 0) is 31.9 Å². The zero-order chi connectivity index (χ0) is 14.9. The second-order valence-electron chi connectivity index (χ2n) is 5.16. The van der Waals surface area contributed by atoms with Gasteiger partial charge in [-0.3, -0.25) is 0 Å². The van der Waals surface area contributed by atoms with E-state index in [0.717, 1.165) is 12.8 Å². The van der Waals surface area contributed by atoms with Gasteiger partial charge < -0.3 is 15.4 Å². The first kappa shape index (κ1) is 15.0. The number of halogens is 3. The van der Waals surface area contributed by atoms with Crippen molar-refractivity contribution in [3.8, 4) is 5.75 Å². The Morgan fingerprint density at radius 1 is 1.40 bits per heavy atom. The van der Waals surface area contributed by atoms with Gasteiger partial charge in [0.1, 0.15) is 12.3 Å². The lowest BCUT2D eigenvalue weighted by Crippen LogP contribution is -2.37. The summed E-state index contributed by atoms with van der Waals surface area (Å²) in [6.45, 7) is 0.796. The summed E-state index contributed by atoms with van der Waals surface area (Å²) >= 11 is 0. The van der Waals surface area contributed by atoms with E-state index in [1.54, 1.807) is 25.1 Å². The van der Waals surface area contributed by atoms with E-state index in [4.69, 9.17) is 10.5 Å². The van der Waals surface area contributed by atoms with Gasteiger partial charge in [-0.15, -0.1) is 0 Å². The van der Waals surface area contributed by atoms with E-state index in [1.165, 1.54) is 12.0 Å². The SMILES string of the molecule is COc1cccc(N(CC(F)(F)F)C2CC2)c1C(C)N. The first-order valence-corrected chi connectivity index (χ1v) is 6.59. The van der Waals surface area contributed by atoms with E-state index in [0.29, 0.717) is 17.0 Å². The van der Waals surface area contributed by atoms with Crippen LogP contribution in [0, 0.1) is 0 Å². The van der Waals surface area contributed by atoms with E-state index in [-0.39, 0.29) is 6.04 Å². The van der Waals surface area contributed by atoms with Gasteiger partial charge in [0, 0.05) is 23.3 Å². The van der Waals surface area contributed by atoms with E-state index in [9.17, 15) is 13.2 Å². The smallest absolute Gasteiger partial charge is 0.405 e. The highest BCUT2D eigenvalue weighted by Crippen LogP contribution is 2.40. The first-order valence-electron chi connectivity index (χ1n) is 6.59. The zero-order valence-corrected chi connectivity index (χ0v) is 11.6. The molecule has 3 nitrogen and oxygen atoms in total. The van der Waals surface area contributed by atoms with Crippen LogP contribution in [0.2, 0.25) is 0 Å². The van der Waals surface area contributed by atoms with Crippen LogP contribution in [0.15, 0.2) is 18.2 Å². The van der Waals surface area contributed by atoms with E-state index >= 15 is 0 Å². The largest absolute Gasteiger partial charge is 0.496 e. The van der Waals surface area contributed by atoms with Crippen molar-refractivity contribution >= 4 is 5.69 Å². The Hall–Kier alpha value is -1.43. The van der Waals surface area contributed by atoms with Crippen molar-refractivity contribution < 1.29 is 17.9 Å². The second kappa shape index (κ2) is 5.52. The fourth-order valence-corrected chi connectivity index (χ4v) is 2.41. The molecule has 1 aliphatic rings. The van der Waals surface area contributed by atoms with Crippen LogP contribution < -0.4 is 15.4 Å². The number of ether oxygens (including phenoxy) is 1. The van der Waals surface area contributed by atoms with Gasteiger partial charge in [0.05, 0.1) is 7.11 Å². The van der Waals surface area contributed by atoms with Gasteiger partial charge in [-0.2, -0.15) is 13.2 Å². The van der Waals surface area contributed by atoms with Crippen molar-refractivity contribution in [2.75, 3.05) is 18.6 Å². The molecule has 1 aromatic carbocycles. The maximum Gasteiger partial charge on any atom is 0.405 e. The minimum absolute atomic E-state index is 0.0544. The Morgan fingerprint density at radius 2 is 2.05 bits per heavy atom. The fourth-order valence-electron chi connectivity index (χ4n) is 2.41. The Balaban J connectivity index is 2.42. The Bertz CT molecular complexity index is 470. The summed E-state index contributed by atoms with van der Waals surface area (Å²) in [6, 6.07) is 4.66. The van der Waals surface area contributed by atoms with Gasteiger partial charge in [-0.25, -0.2) is 0 Å². The molecule has 0 amide bonds. The lowest BCUT2D eigenvalue weighted by atomic mass is 10.0. The van der Waals surface area contributed by atoms with Crippen molar-refractivity contribution in [1.82, 2.24) is 0 Å². The highest BCUT2D eigenvalue weighted by molar-refractivity contribution is 5.62. The summed E-state index contributed by atoms with van der Waals surface area (Å²) < 4.78 is 43.6. The molecule has 1 atom stereocenters. The van der Waals surface area contributed by atoms with Gasteiger partial charge in [0.25, 0.3) is 0 Å². The Morgan fingerprint density at radius 3 is 2.50 bits per heavy atom. The maximum absolute atomic E-state index is 12.8. The average molecular weight is 288 g/mol. The molecule has 1 aromatic rings. The summed E-state index contributed by atoms with van der Waals surface area (Å²) in [4.78, 5) is 1.40. The lowest BCUT2D eigenvalue weighted by molar-refractivity contribution is -0.120. The van der Waals surface area contributed by atoms with Crippen LogP contribution in [0.4, 0.5) is 18.9 Å². The van der Waals surface area contributed by atoms with Crippen LogP contribution in [0.5, 0.6) is 5.75 Å². The van der Waals surface area contributed by atoms with Gasteiger partial charge in [0.2, 0.25) is 0 Å². The second-order valence-corrected chi connectivity index (χ2v) is 5.16. The van der Waals surface area contributed by atoms with Crippen LogP contribution in [-0.2, 0) is 0 Å². The number of benzene rings is 1. The van der Waals surface area contributed by atoms with Crippen molar-refractivity contribution in [2.45, 2.75) is 38.0 Å². The quantitative estimate of drug-likeness (QED) is 0.904. The molecule has 0 spiro atoms. The number of methoxy groups -OCH3 is 1. The number of nitrogens with two attached hydrogens (primary N) is 1. The number of anilines is 1. The van der Waals surface area contributed by atoms with Crippen molar-refractivity contribution in [1.29, 1.82) is 0 Å². The van der Waals surface area contributed by atoms with E-state index in [1.807, 2.05) is 0 Å². The monoisotopic (exact) mass is 288 g/mol. The summed E-state index contributed by atoms with van der Waals surface area (Å²) in [6.07, 6.45) is -2.67. The third kappa shape index (κ3) is 3.36. The lowest BCUT2D eigenvalue weighted by Gasteiger charge is -2.30. The first-order chi connectivity index (χ1) is 9.33. The molecule has 0 aromatic heterocycles. The Labute approximate surface area is 116 Å². The molecule has 20 heavy (non-hydrogen) atoms. The normalized spacial score (nSPS) is 16.9. The molecule has 0 aliphatic heterocycles. The van der Waals surface area contributed by atoms with Crippen LogP contribution in [0.1, 0.15) is 31.4 Å². The number of rotatable bonds is 5. The van der Waals surface area contributed by atoms with Gasteiger partial charge >= 0.3 is 6.18 Å². The predicted octanol–water partition coefficient (Wildman–Crippen LogP) is 3.25. The maximum atomic E-state index is 12.8. The van der Waals surface area contributed by atoms with Gasteiger partial charge in [0.15, 0.2) is 0 Å². The molecular formula is C14H19F3N2O. The standard InChI is InChI=1S/C14H19F3N2O/c1-9(18)13-11(4-3-5-12(13)20-2)19(10-6-7-10)8-14(15,16)17/h3-5,9-10H,6-8,18H2,1-2H3. The molecule has 1 unspecified atom stereocenters. The molecule has 2 N–H and O–H groups in total. The van der Waals surface area contributed by atoms with Crippen LogP contribution in [-0.4, -0.2) is 25.9 Å². The number of hydrogen-bond acceptors (Lipinski definition) is 3. The number of nitrogens with zero attached hydrogens (tertiary/aromatic N) is 1. The molecule has 0 radical (unpaired) electrons. The minimum atomic E-state index is -4.24. The topological polar surface area (TPSA) is 38.5 Å². The molecule has 0 heterocycles. The van der Waals surface area contributed by atoms with E-state index in [2.05, 4.69) is 0 Å². The van der Waals surface area contributed by atoms with Crippen LogP contribution in [0.3, 0.4) is 0 Å². The number of hydrogen-bond donors (Lipinski definition) is 1. The molecule has 0 saturated heterocycles. The number of alkyl halides is 3. The van der Waals surface area contributed by atoms with Gasteiger partial charge in [-0.1, -0.05) is 6.07 Å². The molecule has 1 aliphatic carbocycles. The van der Waals surface area contributed by atoms with Crippen molar-refractivity contribution in [3.63, 3.8) is 0 Å². The van der Waals surface area contributed by atoms with Crippen molar-refractivity contribution in [2.24, 2.45) is 5.73 Å². The highest BCUT2D eigenvalue weighted by atomic mass is 19.4. The molecular weight excluding hydrogens is 269 g/mol. The molecule has 0 bridgehead atoms. The van der Waals surface area contributed by atoms with E-state index < -0.39 is 18.8 Å². The molecule has 112 valence electrons. The third-order valence-electron chi connectivity index (χ3n) is 3.37. The summed E-state index contributed by atoms with van der Waals surface area (Å²) in [5, 5.41) is 0. The summed E-state index contributed by atoms with van der Waals surface area (Å²) in [7, 11) is 1.50. The predicted molar refractivity (Wildman–Crippen MR) is 72.0 cm³/mol. The minimum Gasteiger partial charge on any atom is -0.496 e. The molecule has 1 fully saturated rings. The fraction of sp³-hybridized carbons (Fsp3) is 0.571. The van der Waals surface area contributed by atoms with Crippen LogP contribution in [0.25, 0.3) is 0 Å². The molecule has 6 heteroatoms. The Kier molecular flexibility index (Phi) is 4.13. The average Bonchev–Trinajstić information content (AvgIpc) is 3.18. The zero-order valence-electron chi connectivity index (χ0n) is 11.6. The third-order valence-corrected chi connectivity index (χ3v) is 3.37. The van der Waals surface area contributed by atoms with Crippen LogP contribution >= 0.6 is 0 Å². The summed E-state index contributed by atoms with van der Waals surface area (Å²) in [5.41, 5.74) is 7.08. The van der Waals surface area contributed by atoms with Crippen molar-refractivity contribution in [3.05, 3.63) is 23.8 Å². The molecule has 2 rings (SSSR count). The molecule has 1 saturated carbocycles. The summed E-state index contributed by atoms with van der Waals surface area (Å²) in [5.74, 6) is 0.533. The highest BCUT2D eigenvalue weighted by Gasteiger charge is 2.39.